The molecule has 3 rings (SSSR count). The van der Waals surface area contributed by atoms with E-state index >= 15 is 0 Å². The van der Waals surface area contributed by atoms with Gasteiger partial charge in [0.25, 0.3) is 0 Å². The van der Waals surface area contributed by atoms with E-state index in [1.54, 1.807) is 0 Å². The zero-order valence-corrected chi connectivity index (χ0v) is 14.0. The van der Waals surface area contributed by atoms with Crippen LogP contribution in [0.1, 0.15) is 41.7 Å². The molecule has 0 radical (unpaired) electrons. The van der Waals surface area contributed by atoms with Crippen LogP contribution < -0.4 is 10.6 Å². The van der Waals surface area contributed by atoms with Crippen molar-refractivity contribution in [2.75, 3.05) is 6.54 Å². The molecule has 0 spiro atoms. The number of aliphatic hydroxyl groups excluding tert-OH is 1. The van der Waals surface area contributed by atoms with E-state index in [0.29, 0.717) is 5.92 Å². The number of benzene rings is 1. The van der Waals surface area contributed by atoms with Gasteiger partial charge in [-0.15, -0.1) is 0 Å². The van der Waals surface area contributed by atoms with Crippen LogP contribution in [0, 0.1) is 12.8 Å². The number of rotatable bonds is 6. The Bertz CT molecular complexity index is 636. The van der Waals surface area contributed by atoms with Crippen LogP contribution in [-0.2, 0) is 0 Å². The van der Waals surface area contributed by atoms with E-state index in [2.05, 4.69) is 41.8 Å². The summed E-state index contributed by atoms with van der Waals surface area (Å²) in [4.78, 5) is 12.2. The SMILES string of the molecule is Cc1ccc(C(NC(=O)NCC(O)c2ccsc2)C2CC2)cc1. The smallest absolute Gasteiger partial charge is 0.315 e. The molecule has 1 aromatic heterocycles. The summed E-state index contributed by atoms with van der Waals surface area (Å²) in [5.74, 6) is 0.519. The number of carbonyl (C=O) groups is 1. The quantitative estimate of drug-likeness (QED) is 0.758. The van der Waals surface area contributed by atoms with Gasteiger partial charge in [-0.05, 0) is 53.6 Å². The van der Waals surface area contributed by atoms with Crippen molar-refractivity contribution >= 4 is 17.4 Å². The molecule has 3 N–H and O–H groups in total. The van der Waals surface area contributed by atoms with E-state index in [0.717, 1.165) is 24.0 Å². The Morgan fingerprint density at radius 3 is 2.61 bits per heavy atom. The number of hydrogen-bond donors (Lipinski definition) is 3. The summed E-state index contributed by atoms with van der Waals surface area (Å²) < 4.78 is 0. The molecule has 2 amide bonds. The molecule has 1 aliphatic rings. The highest BCUT2D eigenvalue weighted by atomic mass is 32.1. The molecule has 0 aliphatic heterocycles. The molecule has 2 aromatic rings. The van der Waals surface area contributed by atoms with Crippen molar-refractivity contribution in [1.82, 2.24) is 10.6 Å². The Morgan fingerprint density at radius 2 is 2.00 bits per heavy atom. The molecule has 122 valence electrons. The number of aliphatic hydroxyl groups is 1. The van der Waals surface area contributed by atoms with Crippen molar-refractivity contribution in [2.24, 2.45) is 5.92 Å². The van der Waals surface area contributed by atoms with Gasteiger partial charge in [-0.25, -0.2) is 4.79 Å². The van der Waals surface area contributed by atoms with Gasteiger partial charge in [0.2, 0.25) is 0 Å². The second-order valence-corrected chi connectivity index (χ2v) is 6.93. The van der Waals surface area contributed by atoms with Crippen LogP contribution in [0.3, 0.4) is 0 Å². The van der Waals surface area contributed by atoms with Gasteiger partial charge in [-0.2, -0.15) is 11.3 Å². The Labute approximate surface area is 140 Å². The number of thiophene rings is 1. The minimum Gasteiger partial charge on any atom is -0.387 e. The third-order valence-electron chi connectivity index (χ3n) is 4.20. The van der Waals surface area contributed by atoms with Gasteiger partial charge in [0.15, 0.2) is 0 Å². The number of amides is 2. The number of hydrogen-bond acceptors (Lipinski definition) is 3. The molecule has 2 unspecified atom stereocenters. The van der Waals surface area contributed by atoms with Crippen LogP contribution in [0.25, 0.3) is 0 Å². The summed E-state index contributed by atoms with van der Waals surface area (Å²) in [6.45, 7) is 2.27. The molecule has 4 nitrogen and oxygen atoms in total. The third-order valence-corrected chi connectivity index (χ3v) is 4.90. The molecule has 5 heteroatoms. The van der Waals surface area contributed by atoms with E-state index in [1.807, 2.05) is 16.8 Å². The lowest BCUT2D eigenvalue weighted by molar-refractivity contribution is 0.172. The number of carbonyl (C=O) groups excluding carboxylic acids is 1. The Morgan fingerprint density at radius 1 is 1.26 bits per heavy atom. The van der Waals surface area contributed by atoms with Gasteiger partial charge in [0, 0.05) is 6.54 Å². The zero-order valence-electron chi connectivity index (χ0n) is 13.2. The van der Waals surface area contributed by atoms with Gasteiger partial charge >= 0.3 is 6.03 Å². The lowest BCUT2D eigenvalue weighted by atomic mass is 10.0. The van der Waals surface area contributed by atoms with Crippen molar-refractivity contribution < 1.29 is 9.90 Å². The lowest BCUT2D eigenvalue weighted by Gasteiger charge is -2.20. The second-order valence-electron chi connectivity index (χ2n) is 6.15. The van der Waals surface area contributed by atoms with Crippen LogP contribution >= 0.6 is 11.3 Å². The largest absolute Gasteiger partial charge is 0.387 e. The van der Waals surface area contributed by atoms with E-state index < -0.39 is 6.10 Å². The molecular weight excluding hydrogens is 308 g/mol. The second kappa shape index (κ2) is 7.15. The van der Waals surface area contributed by atoms with Crippen LogP contribution in [0.2, 0.25) is 0 Å². The predicted octanol–water partition coefficient (Wildman–Crippen LogP) is 3.54. The van der Waals surface area contributed by atoms with E-state index in [4.69, 9.17) is 0 Å². The molecule has 1 aliphatic carbocycles. The van der Waals surface area contributed by atoms with Crippen molar-refractivity contribution in [3.63, 3.8) is 0 Å². The summed E-state index contributed by atoms with van der Waals surface area (Å²) >= 11 is 1.54. The van der Waals surface area contributed by atoms with Gasteiger partial charge in [0.1, 0.15) is 0 Å². The minimum absolute atomic E-state index is 0.0499. The zero-order chi connectivity index (χ0) is 16.2. The fraction of sp³-hybridized carbons (Fsp3) is 0.389. The van der Waals surface area contributed by atoms with Crippen molar-refractivity contribution in [1.29, 1.82) is 0 Å². The van der Waals surface area contributed by atoms with E-state index in [-0.39, 0.29) is 18.6 Å². The van der Waals surface area contributed by atoms with E-state index in [1.165, 1.54) is 16.9 Å². The first-order valence-corrected chi connectivity index (χ1v) is 8.89. The van der Waals surface area contributed by atoms with E-state index in [9.17, 15) is 9.90 Å². The summed E-state index contributed by atoms with van der Waals surface area (Å²) in [5.41, 5.74) is 3.20. The fourth-order valence-corrected chi connectivity index (χ4v) is 3.35. The number of nitrogens with one attached hydrogen (secondary N) is 2. The molecule has 1 heterocycles. The standard InChI is InChI=1S/C18H22N2O2S/c1-12-2-4-13(5-3-12)17(14-6-7-14)20-18(22)19-10-16(21)15-8-9-23-11-15/h2-5,8-9,11,14,16-17,21H,6-7,10H2,1H3,(H2,19,20,22). The maximum atomic E-state index is 12.2. The third kappa shape index (κ3) is 4.33. The first-order valence-electron chi connectivity index (χ1n) is 7.94. The number of aryl methyl sites for hydroxylation is 1. The highest BCUT2D eigenvalue weighted by Gasteiger charge is 2.33. The molecule has 1 saturated carbocycles. The first-order chi connectivity index (χ1) is 11.1. The van der Waals surface area contributed by atoms with Crippen LogP contribution in [0.15, 0.2) is 41.1 Å². The molecule has 2 atom stereocenters. The van der Waals surface area contributed by atoms with Gasteiger partial charge in [-0.1, -0.05) is 29.8 Å². The molecule has 1 fully saturated rings. The van der Waals surface area contributed by atoms with Crippen LogP contribution in [0.4, 0.5) is 4.79 Å². The Hall–Kier alpha value is -1.85. The van der Waals surface area contributed by atoms with Crippen molar-refractivity contribution in [3.8, 4) is 0 Å². The first kappa shape index (κ1) is 16.0. The lowest BCUT2D eigenvalue weighted by Crippen LogP contribution is -2.40. The fourth-order valence-electron chi connectivity index (χ4n) is 2.64. The summed E-state index contributed by atoms with van der Waals surface area (Å²) in [6.07, 6.45) is 1.64. The molecule has 0 bridgehead atoms. The topological polar surface area (TPSA) is 61.4 Å². The molecule has 0 saturated heterocycles. The summed E-state index contributed by atoms with van der Waals surface area (Å²) in [7, 11) is 0. The minimum atomic E-state index is -0.661. The Balaban J connectivity index is 1.55. The van der Waals surface area contributed by atoms with Gasteiger partial charge < -0.3 is 15.7 Å². The van der Waals surface area contributed by atoms with Crippen molar-refractivity contribution in [3.05, 3.63) is 57.8 Å². The average molecular weight is 330 g/mol. The summed E-state index contributed by atoms with van der Waals surface area (Å²) in [6, 6.07) is 10.0. The maximum absolute atomic E-state index is 12.2. The highest BCUT2D eigenvalue weighted by molar-refractivity contribution is 7.07. The number of urea groups is 1. The normalized spacial score (nSPS) is 16.6. The van der Waals surface area contributed by atoms with Crippen LogP contribution in [0.5, 0.6) is 0 Å². The highest BCUT2D eigenvalue weighted by Crippen LogP contribution is 2.41. The maximum Gasteiger partial charge on any atom is 0.315 e. The molecular formula is C18H22N2O2S. The monoisotopic (exact) mass is 330 g/mol. The van der Waals surface area contributed by atoms with Crippen LogP contribution in [-0.4, -0.2) is 17.7 Å². The Kier molecular flexibility index (Phi) is 4.98. The predicted molar refractivity (Wildman–Crippen MR) is 92.5 cm³/mol. The van der Waals surface area contributed by atoms with Crippen molar-refractivity contribution in [2.45, 2.75) is 31.9 Å². The average Bonchev–Trinajstić information content (AvgIpc) is 3.24. The van der Waals surface area contributed by atoms with Gasteiger partial charge in [-0.3, -0.25) is 0 Å². The molecule has 1 aromatic carbocycles. The summed E-state index contributed by atoms with van der Waals surface area (Å²) in [5, 5.41) is 19.7. The molecule has 23 heavy (non-hydrogen) atoms. The van der Waals surface area contributed by atoms with Gasteiger partial charge in [0.05, 0.1) is 12.1 Å².